The molecule has 0 radical (unpaired) electrons. The molecule has 1 rings (SSSR count). The highest BCUT2D eigenvalue weighted by Gasteiger charge is 2.26. The molecule has 0 fully saturated rings. The summed E-state index contributed by atoms with van der Waals surface area (Å²) in [5, 5.41) is 12.1. The normalized spacial score (nSPS) is 14.3. The first-order chi connectivity index (χ1) is 9.65. The van der Waals surface area contributed by atoms with Crippen molar-refractivity contribution < 1.29 is 9.59 Å². The quantitative estimate of drug-likeness (QED) is 0.663. The lowest BCUT2D eigenvalue weighted by Crippen LogP contribution is -2.49. The number of H-pyrrole nitrogens is 1. The number of hydrogen-bond donors (Lipinski definition) is 4. The second-order valence-corrected chi connectivity index (χ2v) is 6.28. The van der Waals surface area contributed by atoms with Crippen LogP contribution in [0.2, 0.25) is 0 Å². The highest BCUT2D eigenvalue weighted by molar-refractivity contribution is 5.96. The molecule has 1 heterocycles. The molecule has 0 saturated carbocycles. The summed E-state index contributed by atoms with van der Waals surface area (Å²) in [7, 11) is 0. The Morgan fingerprint density at radius 1 is 1.43 bits per heavy atom. The predicted octanol–water partition coefficient (Wildman–Crippen LogP) is 1.73. The van der Waals surface area contributed by atoms with Crippen molar-refractivity contribution in [3.63, 3.8) is 0 Å². The van der Waals surface area contributed by atoms with Crippen LogP contribution < -0.4 is 16.4 Å². The standard InChI is InChI=1S/C14H25N5O2/c1-6-8(2)11(17-13(15)21)12(20)16-10-7-9(18-19-10)14(3,4)5/h7-8,11H,6H2,1-5H3,(H3,15,17,21)(H2,16,18,19,20). The smallest absolute Gasteiger partial charge is 0.312 e. The molecule has 0 saturated heterocycles. The van der Waals surface area contributed by atoms with Gasteiger partial charge in [0.25, 0.3) is 0 Å². The Bertz CT molecular complexity index is 504. The van der Waals surface area contributed by atoms with Crippen molar-refractivity contribution in [1.29, 1.82) is 0 Å². The van der Waals surface area contributed by atoms with Crippen molar-refractivity contribution in [2.24, 2.45) is 11.7 Å². The van der Waals surface area contributed by atoms with Gasteiger partial charge in [-0.2, -0.15) is 5.10 Å². The molecule has 7 nitrogen and oxygen atoms in total. The van der Waals surface area contributed by atoms with Gasteiger partial charge in [0.1, 0.15) is 6.04 Å². The van der Waals surface area contributed by atoms with E-state index in [9.17, 15) is 9.59 Å². The minimum atomic E-state index is -0.715. The maximum atomic E-state index is 12.3. The van der Waals surface area contributed by atoms with Gasteiger partial charge in [0.05, 0.1) is 0 Å². The van der Waals surface area contributed by atoms with Crippen LogP contribution in [0.15, 0.2) is 6.07 Å². The molecular formula is C14H25N5O2. The summed E-state index contributed by atoms with van der Waals surface area (Å²) in [5.41, 5.74) is 5.96. The molecule has 0 aliphatic rings. The summed E-state index contributed by atoms with van der Waals surface area (Å²) < 4.78 is 0. The summed E-state index contributed by atoms with van der Waals surface area (Å²) in [6.45, 7) is 9.96. The van der Waals surface area contributed by atoms with Crippen molar-refractivity contribution >= 4 is 17.8 Å². The molecule has 0 aliphatic heterocycles. The number of urea groups is 1. The number of carbonyl (C=O) groups is 2. The minimum absolute atomic E-state index is 0.0291. The first-order valence-electron chi connectivity index (χ1n) is 7.07. The monoisotopic (exact) mass is 295 g/mol. The first kappa shape index (κ1) is 17.0. The van der Waals surface area contributed by atoms with Crippen LogP contribution in [-0.2, 0) is 10.2 Å². The average Bonchev–Trinajstić information content (AvgIpc) is 2.83. The number of nitrogens with one attached hydrogen (secondary N) is 3. The van der Waals surface area contributed by atoms with Gasteiger partial charge in [-0.05, 0) is 5.92 Å². The fourth-order valence-electron chi connectivity index (χ4n) is 1.83. The molecule has 7 heteroatoms. The molecule has 1 aromatic heterocycles. The minimum Gasteiger partial charge on any atom is -0.352 e. The molecule has 0 spiro atoms. The number of primary amides is 1. The number of aromatic nitrogens is 2. The number of carbonyl (C=O) groups excluding carboxylic acids is 2. The fraction of sp³-hybridized carbons (Fsp3) is 0.643. The van der Waals surface area contributed by atoms with E-state index in [0.29, 0.717) is 5.82 Å². The molecule has 5 N–H and O–H groups in total. The second-order valence-electron chi connectivity index (χ2n) is 6.28. The number of anilines is 1. The summed E-state index contributed by atoms with van der Waals surface area (Å²) in [6, 6.07) is 0.394. The van der Waals surface area contributed by atoms with Gasteiger partial charge < -0.3 is 16.4 Å². The van der Waals surface area contributed by atoms with Gasteiger partial charge in [0, 0.05) is 17.2 Å². The summed E-state index contributed by atoms with van der Waals surface area (Å²) in [6.07, 6.45) is 0.742. The molecule has 21 heavy (non-hydrogen) atoms. The first-order valence-corrected chi connectivity index (χ1v) is 7.07. The SMILES string of the molecule is CCC(C)C(NC(N)=O)C(=O)Nc1cc(C(C)(C)C)[nH]n1. The van der Waals surface area contributed by atoms with E-state index in [1.165, 1.54) is 0 Å². The Balaban J connectivity index is 2.81. The van der Waals surface area contributed by atoms with Crippen LogP contribution in [-0.4, -0.2) is 28.2 Å². The second kappa shape index (κ2) is 6.60. The fourth-order valence-corrected chi connectivity index (χ4v) is 1.83. The van der Waals surface area contributed by atoms with Crippen LogP contribution >= 0.6 is 0 Å². The maximum Gasteiger partial charge on any atom is 0.312 e. The van der Waals surface area contributed by atoms with E-state index in [2.05, 4.69) is 20.8 Å². The molecule has 3 amide bonds. The third-order valence-corrected chi connectivity index (χ3v) is 3.43. The van der Waals surface area contributed by atoms with Gasteiger partial charge >= 0.3 is 6.03 Å². The maximum absolute atomic E-state index is 12.3. The highest BCUT2D eigenvalue weighted by atomic mass is 16.2. The largest absolute Gasteiger partial charge is 0.352 e. The summed E-state index contributed by atoms with van der Waals surface area (Å²) >= 11 is 0. The zero-order valence-corrected chi connectivity index (χ0v) is 13.3. The van der Waals surface area contributed by atoms with Crippen molar-refractivity contribution in [1.82, 2.24) is 15.5 Å². The van der Waals surface area contributed by atoms with Crippen LogP contribution in [0.25, 0.3) is 0 Å². The Morgan fingerprint density at radius 2 is 2.05 bits per heavy atom. The lowest BCUT2D eigenvalue weighted by Gasteiger charge is -2.21. The van der Waals surface area contributed by atoms with E-state index in [-0.39, 0.29) is 17.2 Å². The molecule has 1 aromatic rings. The van der Waals surface area contributed by atoms with Crippen LogP contribution in [0, 0.1) is 5.92 Å². The zero-order valence-electron chi connectivity index (χ0n) is 13.3. The molecule has 118 valence electrons. The Kier molecular flexibility index (Phi) is 5.34. The predicted molar refractivity (Wildman–Crippen MR) is 81.9 cm³/mol. The Labute approximate surface area is 125 Å². The zero-order chi connectivity index (χ0) is 16.2. The highest BCUT2D eigenvalue weighted by Crippen LogP contribution is 2.22. The topological polar surface area (TPSA) is 113 Å². The molecular weight excluding hydrogens is 270 g/mol. The van der Waals surface area contributed by atoms with E-state index in [1.54, 1.807) is 6.07 Å². The number of hydrogen-bond acceptors (Lipinski definition) is 3. The summed E-state index contributed by atoms with van der Waals surface area (Å²) in [4.78, 5) is 23.3. The van der Waals surface area contributed by atoms with Crippen LogP contribution in [0.3, 0.4) is 0 Å². The third-order valence-electron chi connectivity index (χ3n) is 3.43. The number of amides is 3. The number of nitrogens with two attached hydrogens (primary N) is 1. The van der Waals surface area contributed by atoms with Crippen LogP contribution in [0.1, 0.15) is 46.7 Å². The lowest BCUT2D eigenvalue weighted by molar-refractivity contribution is -0.119. The molecule has 0 bridgehead atoms. The number of nitrogens with zero attached hydrogens (tertiary/aromatic N) is 1. The van der Waals surface area contributed by atoms with Gasteiger partial charge in [-0.3, -0.25) is 9.89 Å². The molecule has 2 unspecified atom stereocenters. The Hall–Kier alpha value is -2.05. The van der Waals surface area contributed by atoms with Crippen molar-refractivity contribution in [2.75, 3.05) is 5.32 Å². The van der Waals surface area contributed by atoms with Crippen molar-refractivity contribution in [3.8, 4) is 0 Å². The number of aromatic amines is 1. The molecule has 0 aliphatic carbocycles. The Morgan fingerprint density at radius 3 is 2.48 bits per heavy atom. The van der Waals surface area contributed by atoms with E-state index in [4.69, 9.17) is 5.73 Å². The van der Waals surface area contributed by atoms with Gasteiger partial charge in [0.2, 0.25) is 5.91 Å². The van der Waals surface area contributed by atoms with E-state index >= 15 is 0 Å². The van der Waals surface area contributed by atoms with Gasteiger partial charge in [-0.25, -0.2) is 4.79 Å². The van der Waals surface area contributed by atoms with Crippen LogP contribution in [0.4, 0.5) is 10.6 Å². The van der Waals surface area contributed by atoms with Crippen LogP contribution in [0.5, 0.6) is 0 Å². The van der Waals surface area contributed by atoms with Gasteiger partial charge in [0.15, 0.2) is 5.82 Å². The van der Waals surface area contributed by atoms with Crippen molar-refractivity contribution in [2.45, 2.75) is 52.5 Å². The average molecular weight is 295 g/mol. The van der Waals surface area contributed by atoms with Crippen molar-refractivity contribution in [3.05, 3.63) is 11.8 Å². The molecule has 0 aromatic carbocycles. The van der Waals surface area contributed by atoms with Gasteiger partial charge in [-0.1, -0.05) is 41.0 Å². The van der Waals surface area contributed by atoms with E-state index in [1.807, 2.05) is 34.6 Å². The number of rotatable bonds is 5. The lowest BCUT2D eigenvalue weighted by atomic mass is 9.92. The molecule has 2 atom stereocenters. The van der Waals surface area contributed by atoms with Gasteiger partial charge in [-0.15, -0.1) is 0 Å². The summed E-state index contributed by atoms with van der Waals surface area (Å²) in [5.74, 6) is 0.0816. The third kappa shape index (κ3) is 4.77. The van der Waals surface area contributed by atoms with E-state index < -0.39 is 12.1 Å². The van der Waals surface area contributed by atoms with E-state index in [0.717, 1.165) is 12.1 Å².